The number of ether oxygens (including phenoxy) is 1. The summed E-state index contributed by atoms with van der Waals surface area (Å²) in [6.07, 6.45) is 1.90. The summed E-state index contributed by atoms with van der Waals surface area (Å²) in [5, 5.41) is 7.79. The normalized spacial score (nSPS) is 31.8. The molecule has 0 saturated carbocycles. The standard InChI is InChI=1S/C11H17N3O4S/c1-7-12-13-11(18-7)3-8-6-17-10-5-14(4-9(8)10)19(2,15)16/h8-10H,3-6H2,1-2H3/t8-,9-,10-/m1/s1. The summed E-state index contributed by atoms with van der Waals surface area (Å²) in [4.78, 5) is 0. The van der Waals surface area contributed by atoms with Crippen LogP contribution in [0.4, 0.5) is 0 Å². The van der Waals surface area contributed by atoms with Crippen LogP contribution in [-0.4, -0.2) is 55.0 Å². The minimum Gasteiger partial charge on any atom is -0.426 e. The number of fused-ring (bicyclic) bond motifs is 1. The van der Waals surface area contributed by atoms with E-state index in [9.17, 15) is 8.42 Å². The molecule has 3 heterocycles. The number of aryl methyl sites for hydroxylation is 1. The molecule has 0 bridgehead atoms. The molecule has 3 rings (SSSR count). The second kappa shape index (κ2) is 4.53. The van der Waals surface area contributed by atoms with Crippen LogP contribution in [0, 0.1) is 18.8 Å². The maximum absolute atomic E-state index is 11.6. The van der Waals surface area contributed by atoms with Crippen molar-refractivity contribution in [3.63, 3.8) is 0 Å². The topological polar surface area (TPSA) is 85.5 Å². The highest BCUT2D eigenvalue weighted by Crippen LogP contribution is 2.36. The molecule has 0 radical (unpaired) electrons. The van der Waals surface area contributed by atoms with E-state index >= 15 is 0 Å². The van der Waals surface area contributed by atoms with Crippen LogP contribution in [0.25, 0.3) is 0 Å². The third-order valence-electron chi connectivity index (χ3n) is 3.88. The van der Waals surface area contributed by atoms with Crippen LogP contribution in [0.15, 0.2) is 4.42 Å². The molecule has 106 valence electrons. The molecular weight excluding hydrogens is 270 g/mol. The fourth-order valence-corrected chi connectivity index (χ4v) is 3.75. The first-order valence-corrected chi connectivity index (χ1v) is 8.14. The lowest BCUT2D eigenvalue weighted by Crippen LogP contribution is -2.30. The molecule has 7 nitrogen and oxygen atoms in total. The van der Waals surface area contributed by atoms with Gasteiger partial charge in [0, 0.05) is 32.4 Å². The lowest BCUT2D eigenvalue weighted by atomic mass is 9.90. The van der Waals surface area contributed by atoms with Crippen LogP contribution in [0.1, 0.15) is 11.8 Å². The predicted molar refractivity (Wildman–Crippen MR) is 65.9 cm³/mol. The van der Waals surface area contributed by atoms with Gasteiger partial charge in [0.2, 0.25) is 21.8 Å². The summed E-state index contributed by atoms with van der Waals surface area (Å²) in [6, 6.07) is 0. The van der Waals surface area contributed by atoms with E-state index in [1.165, 1.54) is 10.6 Å². The molecule has 2 aliphatic heterocycles. The van der Waals surface area contributed by atoms with Crippen molar-refractivity contribution in [3.8, 4) is 0 Å². The summed E-state index contributed by atoms with van der Waals surface area (Å²) in [7, 11) is -3.13. The van der Waals surface area contributed by atoms with E-state index in [4.69, 9.17) is 9.15 Å². The van der Waals surface area contributed by atoms with Crippen LogP contribution in [0.2, 0.25) is 0 Å². The molecule has 0 N–H and O–H groups in total. The van der Waals surface area contributed by atoms with Crippen molar-refractivity contribution < 1.29 is 17.6 Å². The van der Waals surface area contributed by atoms with Gasteiger partial charge >= 0.3 is 0 Å². The number of rotatable bonds is 3. The zero-order valence-electron chi connectivity index (χ0n) is 10.9. The number of sulfonamides is 1. The molecule has 0 aliphatic carbocycles. The average Bonchev–Trinajstić information content (AvgIpc) is 2.95. The van der Waals surface area contributed by atoms with Crippen molar-refractivity contribution in [2.75, 3.05) is 26.0 Å². The Balaban J connectivity index is 1.69. The van der Waals surface area contributed by atoms with Gasteiger partial charge in [0.25, 0.3) is 0 Å². The van der Waals surface area contributed by atoms with Gasteiger partial charge in [-0.25, -0.2) is 8.42 Å². The zero-order chi connectivity index (χ0) is 13.6. The number of hydrogen-bond acceptors (Lipinski definition) is 6. The van der Waals surface area contributed by atoms with Gasteiger partial charge in [0.15, 0.2) is 0 Å². The Morgan fingerprint density at radius 3 is 2.79 bits per heavy atom. The van der Waals surface area contributed by atoms with Crippen molar-refractivity contribution in [3.05, 3.63) is 11.8 Å². The fraction of sp³-hybridized carbons (Fsp3) is 0.818. The first-order chi connectivity index (χ1) is 8.93. The van der Waals surface area contributed by atoms with E-state index in [0.717, 1.165) is 0 Å². The maximum atomic E-state index is 11.6. The quantitative estimate of drug-likeness (QED) is 0.767. The van der Waals surface area contributed by atoms with Crippen molar-refractivity contribution in [1.82, 2.24) is 14.5 Å². The van der Waals surface area contributed by atoms with E-state index < -0.39 is 10.0 Å². The van der Waals surface area contributed by atoms with Gasteiger partial charge in [-0.15, -0.1) is 10.2 Å². The summed E-state index contributed by atoms with van der Waals surface area (Å²) in [5.74, 6) is 1.62. The smallest absolute Gasteiger partial charge is 0.216 e. The van der Waals surface area contributed by atoms with E-state index in [1.807, 2.05) is 0 Å². The number of aromatic nitrogens is 2. The van der Waals surface area contributed by atoms with Gasteiger partial charge in [-0.05, 0) is 5.92 Å². The first-order valence-electron chi connectivity index (χ1n) is 6.29. The molecule has 2 fully saturated rings. The highest BCUT2D eigenvalue weighted by atomic mass is 32.2. The monoisotopic (exact) mass is 287 g/mol. The average molecular weight is 287 g/mol. The van der Waals surface area contributed by atoms with Gasteiger partial charge in [-0.1, -0.05) is 0 Å². The Morgan fingerprint density at radius 1 is 1.37 bits per heavy atom. The summed E-state index contributed by atoms with van der Waals surface area (Å²) >= 11 is 0. The van der Waals surface area contributed by atoms with E-state index in [-0.39, 0.29) is 17.9 Å². The summed E-state index contributed by atoms with van der Waals surface area (Å²) < 4.78 is 35.7. The van der Waals surface area contributed by atoms with Crippen molar-refractivity contribution in [2.45, 2.75) is 19.4 Å². The molecule has 0 amide bonds. The van der Waals surface area contributed by atoms with Crippen LogP contribution >= 0.6 is 0 Å². The lowest BCUT2D eigenvalue weighted by Gasteiger charge is -2.16. The van der Waals surface area contributed by atoms with Gasteiger partial charge in [-0.3, -0.25) is 0 Å². The van der Waals surface area contributed by atoms with E-state index in [0.29, 0.717) is 37.9 Å². The van der Waals surface area contributed by atoms with Crippen LogP contribution in [0.5, 0.6) is 0 Å². The molecule has 3 atom stereocenters. The molecule has 2 aliphatic rings. The van der Waals surface area contributed by atoms with Gasteiger partial charge in [0.05, 0.1) is 19.0 Å². The Morgan fingerprint density at radius 2 is 2.16 bits per heavy atom. The highest BCUT2D eigenvalue weighted by molar-refractivity contribution is 7.88. The minimum absolute atomic E-state index is 0.00347. The zero-order valence-corrected chi connectivity index (χ0v) is 11.8. The molecule has 0 spiro atoms. The largest absolute Gasteiger partial charge is 0.426 e. The number of nitrogens with zero attached hydrogens (tertiary/aromatic N) is 3. The van der Waals surface area contributed by atoms with Crippen LogP contribution in [0.3, 0.4) is 0 Å². The van der Waals surface area contributed by atoms with Crippen molar-refractivity contribution in [1.29, 1.82) is 0 Å². The SMILES string of the molecule is Cc1nnc(C[C@@H]2CO[C@@H]3CN(S(C)(=O)=O)C[C@H]23)o1. The fourth-order valence-electron chi connectivity index (χ4n) is 2.89. The van der Waals surface area contributed by atoms with Crippen LogP contribution < -0.4 is 0 Å². The second-order valence-electron chi connectivity index (χ2n) is 5.29. The minimum atomic E-state index is -3.13. The molecule has 0 unspecified atom stereocenters. The third kappa shape index (κ3) is 2.52. The Hall–Kier alpha value is -0.990. The predicted octanol–water partition coefficient (Wildman–Crippen LogP) is -0.173. The molecule has 2 saturated heterocycles. The van der Waals surface area contributed by atoms with E-state index in [1.54, 1.807) is 6.92 Å². The maximum Gasteiger partial charge on any atom is 0.216 e. The Labute approximate surface area is 112 Å². The van der Waals surface area contributed by atoms with Crippen LogP contribution in [-0.2, 0) is 21.2 Å². The van der Waals surface area contributed by atoms with Gasteiger partial charge in [-0.2, -0.15) is 4.31 Å². The second-order valence-corrected chi connectivity index (χ2v) is 7.28. The van der Waals surface area contributed by atoms with Gasteiger partial charge < -0.3 is 9.15 Å². The molecule has 1 aromatic rings. The molecular formula is C11H17N3O4S. The van der Waals surface area contributed by atoms with E-state index in [2.05, 4.69) is 10.2 Å². The van der Waals surface area contributed by atoms with Crippen molar-refractivity contribution >= 4 is 10.0 Å². The molecule has 19 heavy (non-hydrogen) atoms. The van der Waals surface area contributed by atoms with Crippen molar-refractivity contribution in [2.24, 2.45) is 11.8 Å². The molecule has 0 aromatic carbocycles. The molecule has 8 heteroatoms. The third-order valence-corrected chi connectivity index (χ3v) is 5.12. The highest BCUT2D eigenvalue weighted by Gasteiger charge is 2.46. The first kappa shape index (κ1) is 13.0. The Kier molecular flexibility index (Phi) is 3.11. The Bertz CT molecular complexity index is 570. The number of hydrogen-bond donors (Lipinski definition) is 0. The lowest BCUT2D eigenvalue weighted by molar-refractivity contribution is 0.103. The summed E-state index contributed by atoms with van der Waals surface area (Å²) in [6.45, 7) is 3.38. The van der Waals surface area contributed by atoms with Gasteiger partial charge in [0.1, 0.15) is 0 Å². The molecule has 1 aromatic heterocycles. The summed E-state index contributed by atoms with van der Waals surface area (Å²) in [5.41, 5.74) is 0.